The number of hydrogen-bond donors (Lipinski definition) is 0. The molecular formula is C16H13ClN10S2. The maximum Gasteiger partial charge on any atom is 0.215 e. The van der Waals surface area contributed by atoms with E-state index in [-0.39, 0.29) is 0 Å². The monoisotopic (exact) mass is 444 g/mol. The van der Waals surface area contributed by atoms with Gasteiger partial charge in [-0.2, -0.15) is 0 Å². The maximum atomic E-state index is 6.16. The zero-order valence-electron chi connectivity index (χ0n) is 14.9. The van der Waals surface area contributed by atoms with E-state index in [1.807, 2.05) is 21.5 Å². The van der Waals surface area contributed by atoms with Gasteiger partial charge in [0.2, 0.25) is 10.3 Å². The summed E-state index contributed by atoms with van der Waals surface area (Å²) in [5.74, 6) is 0. The van der Waals surface area contributed by atoms with Crippen LogP contribution in [0.25, 0.3) is 11.0 Å². The van der Waals surface area contributed by atoms with Gasteiger partial charge in [0.05, 0.1) is 23.1 Å². The molecule has 0 spiro atoms. The van der Waals surface area contributed by atoms with Crippen LogP contribution >= 0.6 is 35.1 Å². The van der Waals surface area contributed by atoms with E-state index < -0.39 is 0 Å². The van der Waals surface area contributed by atoms with Gasteiger partial charge in [-0.05, 0) is 88.3 Å². The van der Waals surface area contributed by atoms with Gasteiger partial charge < -0.3 is 0 Å². The minimum atomic E-state index is 0.369. The van der Waals surface area contributed by atoms with Crippen LogP contribution in [0.5, 0.6) is 0 Å². The fourth-order valence-electron chi connectivity index (χ4n) is 2.90. The molecular weight excluding hydrogens is 432 g/mol. The third kappa shape index (κ3) is 3.45. The second-order valence-electron chi connectivity index (χ2n) is 6.95. The molecule has 0 aliphatic heterocycles. The molecule has 0 radical (unpaired) electrons. The van der Waals surface area contributed by atoms with E-state index in [0.717, 1.165) is 36.7 Å². The van der Waals surface area contributed by atoms with E-state index in [0.29, 0.717) is 37.5 Å². The van der Waals surface area contributed by atoms with E-state index in [9.17, 15) is 0 Å². The van der Waals surface area contributed by atoms with Crippen molar-refractivity contribution in [3.8, 4) is 0 Å². The lowest BCUT2D eigenvalue weighted by Gasteiger charge is -2.09. The Bertz CT molecular complexity index is 1220. The number of nitrogens with zero attached hydrogens (tertiary/aromatic N) is 10. The Labute approximate surface area is 177 Å². The fourth-order valence-corrected chi connectivity index (χ4v) is 4.93. The van der Waals surface area contributed by atoms with Crippen LogP contribution in [0.2, 0.25) is 5.02 Å². The van der Waals surface area contributed by atoms with Crippen molar-refractivity contribution in [2.75, 3.05) is 0 Å². The second-order valence-corrected chi connectivity index (χ2v) is 9.29. The van der Waals surface area contributed by atoms with E-state index in [1.54, 1.807) is 6.07 Å². The van der Waals surface area contributed by atoms with Crippen molar-refractivity contribution in [1.29, 1.82) is 0 Å². The van der Waals surface area contributed by atoms with Crippen molar-refractivity contribution in [1.82, 2.24) is 50.4 Å². The highest BCUT2D eigenvalue weighted by Crippen LogP contribution is 2.42. The number of rotatable bonds is 6. The smallest absolute Gasteiger partial charge is 0.215 e. The minimum absolute atomic E-state index is 0.369. The number of benzene rings is 1. The Morgan fingerprint density at radius 2 is 1.34 bits per heavy atom. The van der Waals surface area contributed by atoms with Crippen LogP contribution in [-0.4, -0.2) is 50.4 Å². The molecule has 3 aromatic heterocycles. The molecule has 3 heterocycles. The van der Waals surface area contributed by atoms with Crippen LogP contribution < -0.4 is 0 Å². The molecule has 13 heteroatoms. The highest BCUT2D eigenvalue weighted by molar-refractivity contribution is 8.02. The summed E-state index contributed by atoms with van der Waals surface area (Å²) in [6.07, 6.45) is 4.38. The van der Waals surface area contributed by atoms with Gasteiger partial charge in [-0.25, -0.2) is 19.3 Å². The van der Waals surface area contributed by atoms with Crippen LogP contribution in [0.4, 0.5) is 0 Å². The predicted molar refractivity (Wildman–Crippen MR) is 105 cm³/mol. The summed E-state index contributed by atoms with van der Waals surface area (Å²) < 4.78 is 3.72. The molecule has 4 aromatic rings. The van der Waals surface area contributed by atoms with Crippen molar-refractivity contribution < 1.29 is 0 Å². The Kier molecular flexibility index (Phi) is 4.16. The molecule has 2 saturated carbocycles. The van der Waals surface area contributed by atoms with Crippen molar-refractivity contribution in [2.24, 2.45) is 0 Å². The molecule has 2 fully saturated rings. The van der Waals surface area contributed by atoms with Gasteiger partial charge in [-0.3, -0.25) is 0 Å². The Morgan fingerprint density at radius 3 is 1.90 bits per heavy atom. The van der Waals surface area contributed by atoms with Crippen molar-refractivity contribution >= 4 is 46.2 Å². The summed E-state index contributed by atoms with van der Waals surface area (Å²) in [6, 6.07) is 6.22. The first-order valence-electron chi connectivity index (χ1n) is 9.13. The van der Waals surface area contributed by atoms with Gasteiger partial charge in [-0.1, -0.05) is 11.6 Å². The van der Waals surface area contributed by atoms with Crippen LogP contribution in [0.15, 0.2) is 38.6 Å². The molecule has 0 N–H and O–H groups in total. The summed E-state index contributed by atoms with van der Waals surface area (Å²) in [5.41, 5.74) is 1.48. The molecule has 0 bridgehead atoms. The van der Waals surface area contributed by atoms with Crippen molar-refractivity contribution in [3.63, 3.8) is 0 Å². The SMILES string of the molecule is Clc1ccc2nc(Sc3nnnn3C3CC3)c(Sc3nnnn3C3CC3)nc2c1. The van der Waals surface area contributed by atoms with Gasteiger partial charge in [0, 0.05) is 5.02 Å². The Morgan fingerprint density at radius 1 is 0.793 bits per heavy atom. The molecule has 2 aliphatic rings. The Hall–Kier alpha value is -2.31. The molecule has 0 amide bonds. The second kappa shape index (κ2) is 6.89. The molecule has 0 saturated heterocycles. The van der Waals surface area contributed by atoms with Crippen molar-refractivity contribution in [2.45, 2.75) is 58.1 Å². The van der Waals surface area contributed by atoms with Gasteiger partial charge in [0.1, 0.15) is 10.1 Å². The quantitative estimate of drug-likeness (QED) is 0.439. The van der Waals surface area contributed by atoms with E-state index in [2.05, 4.69) is 31.1 Å². The van der Waals surface area contributed by atoms with Gasteiger partial charge in [0.25, 0.3) is 0 Å². The molecule has 29 heavy (non-hydrogen) atoms. The standard InChI is InChI=1S/C16H13ClN10S2/c17-8-1-6-11-12(7-8)19-14(29-16-21-23-25-27(16)10-4-5-10)13(18-11)28-15-20-22-24-26(15)9-2-3-9/h1,6-7,9-10H,2-5H2. The number of fused-ring (bicyclic) bond motifs is 1. The van der Waals surface area contributed by atoms with Gasteiger partial charge in [0.15, 0.2) is 0 Å². The summed E-state index contributed by atoms with van der Waals surface area (Å²) in [6.45, 7) is 0. The third-order valence-corrected chi connectivity index (χ3v) is 6.87. The first kappa shape index (κ1) is 17.5. The molecule has 0 atom stereocenters. The first-order chi connectivity index (χ1) is 14.2. The number of hydrogen-bond acceptors (Lipinski definition) is 10. The summed E-state index contributed by atoms with van der Waals surface area (Å²) in [5, 5.41) is 27.7. The molecule has 6 rings (SSSR count). The highest BCUT2D eigenvalue weighted by Gasteiger charge is 2.30. The number of halogens is 1. The molecule has 0 unspecified atom stereocenters. The normalized spacial score (nSPS) is 16.6. The third-order valence-electron chi connectivity index (χ3n) is 4.65. The van der Waals surface area contributed by atoms with Crippen LogP contribution in [0.1, 0.15) is 37.8 Å². The fraction of sp³-hybridized carbons (Fsp3) is 0.375. The largest absolute Gasteiger partial charge is 0.236 e. The van der Waals surface area contributed by atoms with E-state index in [4.69, 9.17) is 21.6 Å². The maximum absolute atomic E-state index is 6.16. The Balaban J connectivity index is 1.43. The average Bonchev–Trinajstić information content (AvgIpc) is 3.65. The molecule has 146 valence electrons. The summed E-state index contributed by atoms with van der Waals surface area (Å²) >= 11 is 8.97. The van der Waals surface area contributed by atoms with E-state index >= 15 is 0 Å². The molecule has 10 nitrogen and oxygen atoms in total. The number of aromatic nitrogens is 10. The number of tetrazole rings is 2. The average molecular weight is 445 g/mol. The predicted octanol–water partition coefficient (Wildman–Crippen LogP) is 3.23. The highest BCUT2D eigenvalue weighted by atomic mass is 35.5. The van der Waals surface area contributed by atoms with Crippen molar-refractivity contribution in [3.05, 3.63) is 23.2 Å². The minimum Gasteiger partial charge on any atom is -0.236 e. The lowest BCUT2D eigenvalue weighted by Crippen LogP contribution is -2.01. The molecule has 1 aromatic carbocycles. The summed E-state index contributed by atoms with van der Waals surface area (Å²) in [7, 11) is 0. The van der Waals surface area contributed by atoms with Gasteiger partial charge in [-0.15, -0.1) is 10.2 Å². The lowest BCUT2D eigenvalue weighted by atomic mass is 10.3. The zero-order valence-corrected chi connectivity index (χ0v) is 17.3. The van der Waals surface area contributed by atoms with Crippen LogP contribution in [-0.2, 0) is 0 Å². The van der Waals surface area contributed by atoms with Crippen LogP contribution in [0.3, 0.4) is 0 Å². The zero-order chi connectivity index (χ0) is 19.4. The van der Waals surface area contributed by atoms with Gasteiger partial charge >= 0.3 is 0 Å². The van der Waals surface area contributed by atoms with E-state index in [1.165, 1.54) is 23.5 Å². The first-order valence-corrected chi connectivity index (χ1v) is 11.1. The van der Waals surface area contributed by atoms with Crippen LogP contribution in [0, 0.1) is 0 Å². The molecule has 2 aliphatic carbocycles. The lowest BCUT2D eigenvalue weighted by molar-refractivity contribution is 0.564. The topological polar surface area (TPSA) is 113 Å². The summed E-state index contributed by atoms with van der Waals surface area (Å²) in [4.78, 5) is 9.63.